The van der Waals surface area contributed by atoms with E-state index in [1.807, 2.05) is 0 Å². The number of nitrogens with zero attached hydrogens (tertiary/aromatic N) is 1. The Labute approximate surface area is 83.8 Å². The molecule has 0 amide bonds. The maximum Gasteiger partial charge on any atom is 3.00 e. The third kappa shape index (κ3) is 600. The van der Waals surface area contributed by atoms with E-state index >= 15 is 0 Å². The van der Waals surface area contributed by atoms with Gasteiger partial charge in [-0.05, 0) is 6.16 Å². The minimum atomic E-state index is -2.33. The van der Waals surface area contributed by atoms with E-state index in [1.54, 1.807) is 0 Å². The van der Waals surface area contributed by atoms with E-state index < -0.39 is 11.2 Å². The zero-order valence-electron chi connectivity index (χ0n) is 6.56. The van der Waals surface area contributed by atoms with Crippen molar-refractivity contribution in [2.45, 2.75) is 0 Å². The zero-order valence-corrected chi connectivity index (χ0v) is 7.60. The largest absolute Gasteiger partial charge is 3.00 e. The zero-order chi connectivity index (χ0) is 7.15. The Morgan fingerprint density at radius 1 is 0.923 bits per heavy atom. The number of carbonyl (C=O) groups is 1. The maximum atomic E-state index is 8.33. The molecule has 13 heavy (non-hydrogen) atoms. The van der Waals surface area contributed by atoms with Crippen LogP contribution in [0.25, 0.3) is 0 Å². The van der Waals surface area contributed by atoms with Crippen LogP contribution in [0.3, 0.4) is 0 Å². The number of carbonyl (C=O) groups excluding carboxylic acids is 1. The van der Waals surface area contributed by atoms with Crippen molar-refractivity contribution < 1.29 is 36.9 Å². The van der Waals surface area contributed by atoms with Gasteiger partial charge in [0.05, 0.1) is 5.09 Å². The molecule has 12 N–H and O–H groups in total. The summed E-state index contributed by atoms with van der Waals surface area (Å²) in [5.74, 6) is 0. The molecule has 0 atom stereocenters. The normalized spacial score (nSPS) is 3.69. The van der Waals surface area contributed by atoms with E-state index in [0.717, 1.165) is 0 Å². The molecule has 0 fully saturated rings. The van der Waals surface area contributed by atoms with Gasteiger partial charge in [0.15, 0.2) is 0 Å². The summed E-state index contributed by atoms with van der Waals surface area (Å²) >= 11 is 0. The molecule has 0 unspecified atom stereocenters. The van der Waals surface area contributed by atoms with Gasteiger partial charge in [-0.1, -0.05) is 0 Å². The average Bonchev–Trinajstić information content (AvgIpc) is 1.25. The second-order valence-corrected chi connectivity index (χ2v) is 0.474. The molecule has 0 aliphatic heterocycles. The molecule has 0 saturated carbocycles. The van der Waals surface area contributed by atoms with Crippen molar-refractivity contribution in [1.82, 2.24) is 24.6 Å². The van der Waals surface area contributed by atoms with Crippen LogP contribution < -0.4 is 34.8 Å². The van der Waals surface area contributed by atoms with Gasteiger partial charge in [0.2, 0.25) is 0 Å². The van der Waals surface area contributed by atoms with E-state index in [1.165, 1.54) is 0 Å². The van der Waals surface area contributed by atoms with Crippen LogP contribution in [0.4, 0.5) is 4.79 Å². The predicted molar refractivity (Wildman–Crippen MR) is 35.8 cm³/mol. The van der Waals surface area contributed by atoms with Crippen molar-refractivity contribution in [3.63, 3.8) is 0 Å². The average molecular weight is 249 g/mol. The quantitative estimate of drug-likeness (QED) is 0.269. The van der Waals surface area contributed by atoms with Crippen LogP contribution in [-0.2, 0) is 16.8 Å². The summed E-state index contributed by atoms with van der Waals surface area (Å²) in [5, 5.41) is 31.4. The summed E-state index contributed by atoms with van der Waals surface area (Å²) in [6.07, 6.45) is -2.33. The first kappa shape index (κ1) is 59.6. The molecule has 0 heterocycles. The van der Waals surface area contributed by atoms with Gasteiger partial charge >= 0.3 is 16.8 Å². The third-order valence-corrected chi connectivity index (χ3v) is 0. The number of hydrogen-bond acceptors (Lipinski definition) is 10. The van der Waals surface area contributed by atoms with E-state index in [-0.39, 0.29) is 41.4 Å². The van der Waals surface area contributed by atoms with Gasteiger partial charge in [-0.3, -0.25) is 0 Å². The van der Waals surface area contributed by atoms with Crippen LogP contribution >= 0.6 is 0 Å². The van der Waals surface area contributed by atoms with E-state index in [4.69, 9.17) is 30.3 Å². The molecule has 0 rings (SSSR count). The van der Waals surface area contributed by atoms with Gasteiger partial charge in [-0.25, -0.2) is 0 Å². The second kappa shape index (κ2) is 44.9. The van der Waals surface area contributed by atoms with Crippen molar-refractivity contribution in [2.24, 2.45) is 0 Å². The van der Waals surface area contributed by atoms with Crippen LogP contribution in [0.15, 0.2) is 0 Å². The number of rotatable bonds is 0. The van der Waals surface area contributed by atoms with Crippen LogP contribution in [0.5, 0.6) is 0 Å². The Morgan fingerprint density at radius 3 is 0.923 bits per heavy atom. The first-order valence-corrected chi connectivity index (χ1v) is 1.16. The molecular weight excluding hydrogens is 237 g/mol. The Balaban J connectivity index is -0.00000000800. The molecule has 0 radical (unpaired) electrons. The molecular formula is CH12CoN5O6. The summed E-state index contributed by atoms with van der Waals surface area (Å²) in [6.45, 7) is 0. The Morgan fingerprint density at radius 2 is 0.923 bits per heavy atom. The summed E-state index contributed by atoms with van der Waals surface area (Å²) in [7, 11) is 0. The molecule has 0 aromatic rings. The van der Waals surface area contributed by atoms with Gasteiger partial charge < -0.3 is 54.9 Å². The van der Waals surface area contributed by atoms with Crippen molar-refractivity contribution in [3.05, 3.63) is 15.3 Å². The molecule has 0 bridgehead atoms. The molecule has 11 nitrogen and oxygen atoms in total. The Bertz CT molecular complexity index is 79.0. The smallest absolute Gasteiger partial charge is 0.652 e. The van der Waals surface area contributed by atoms with Crippen molar-refractivity contribution in [2.75, 3.05) is 0 Å². The van der Waals surface area contributed by atoms with E-state index in [2.05, 4.69) is 0 Å². The molecule has 0 aliphatic rings. The van der Waals surface area contributed by atoms with Crippen molar-refractivity contribution in [1.29, 1.82) is 0 Å². The molecule has 12 heteroatoms. The molecule has 0 aromatic carbocycles. The molecule has 0 spiro atoms. The SMILES string of the molecule is N.N.N.N.O=C([O-])[O-].O=[N+]([O-])[O-].[Co+3]. The van der Waals surface area contributed by atoms with Gasteiger partial charge in [-0.15, -0.1) is 0 Å². The molecule has 0 saturated heterocycles. The number of hydrogen-bond donors (Lipinski definition) is 4. The summed E-state index contributed by atoms with van der Waals surface area (Å²) < 4.78 is 0. The maximum absolute atomic E-state index is 8.33. The van der Waals surface area contributed by atoms with E-state index in [9.17, 15) is 0 Å². The topological polar surface area (TPSA) is 269 Å². The van der Waals surface area contributed by atoms with Crippen molar-refractivity contribution >= 4 is 6.16 Å². The fourth-order valence-electron chi connectivity index (χ4n) is 0. The molecule has 0 aromatic heterocycles. The Hall–Kier alpha value is -1.18. The first-order valence-electron chi connectivity index (χ1n) is 1.16. The van der Waals surface area contributed by atoms with Gasteiger partial charge in [-0.2, -0.15) is 0 Å². The number of carboxylic acid groups (broad SMARTS) is 2. The first-order chi connectivity index (χ1) is 3.46. The second-order valence-electron chi connectivity index (χ2n) is 0.474. The van der Waals surface area contributed by atoms with E-state index in [0.29, 0.717) is 0 Å². The van der Waals surface area contributed by atoms with Gasteiger partial charge in [0, 0.05) is 0 Å². The third-order valence-electron chi connectivity index (χ3n) is 0. The van der Waals surface area contributed by atoms with Crippen LogP contribution in [0, 0.1) is 15.3 Å². The minimum Gasteiger partial charge on any atom is -0.652 e. The fraction of sp³-hybridized carbons (Fsp3) is 0. The standard InChI is InChI=1S/CH2O3.Co.NO3.4H3N/c2-1(3)4;;2-1(3)4;;;;/h(H2,2,3,4);;;4*1H3/q;+3;-1;;;;/p-2. The molecule has 0 aliphatic carbocycles. The van der Waals surface area contributed by atoms with Crippen LogP contribution in [0.2, 0.25) is 0 Å². The summed E-state index contributed by atoms with van der Waals surface area (Å²) in [6, 6.07) is 0. The summed E-state index contributed by atoms with van der Waals surface area (Å²) in [5.41, 5.74) is 0. The monoisotopic (exact) mass is 249 g/mol. The predicted octanol–water partition coefficient (Wildman–Crippen LogP) is -2.04. The van der Waals surface area contributed by atoms with Crippen LogP contribution in [0.1, 0.15) is 0 Å². The van der Waals surface area contributed by atoms with Gasteiger partial charge in [0.25, 0.3) is 0 Å². The van der Waals surface area contributed by atoms with Crippen LogP contribution in [-0.4, -0.2) is 11.2 Å². The fourth-order valence-corrected chi connectivity index (χ4v) is 0. The van der Waals surface area contributed by atoms with Crippen molar-refractivity contribution in [3.8, 4) is 0 Å². The molecule has 86 valence electrons. The Kier molecular flexibility index (Phi) is 206. The summed E-state index contributed by atoms with van der Waals surface area (Å²) in [4.78, 5) is 16.6. The van der Waals surface area contributed by atoms with Gasteiger partial charge in [0.1, 0.15) is 0 Å². The minimum absolute atomic E-state index is 0.